The van der Waals surface area contributed by atoms with Crippen LogP contribution in [0, 0.1) is 11.8 Å². The van der Waals surface area contributed by atoms with Gasteiger partial charge in [-0.1, -0.05) is 12.0 Å². The number of allylic oxidation sites excluding steroid dienone is 1. The molecule has 1 aliphatic heterocycles. The highest BCUT2D eigenvalue weighted by Crippen LogP contribution is 2.54. The Hall–Kier alpha value is -0.790. The van der Waals surface area contributed by atoms with Crippen molar-refractivity contribution in [3.05, 3.63) is 11.1 Å². The molecule has 3 fully saturated rings. The van der Waals surface area contributed by atoms with Crippen molar-refractivity contribution in [3.8, 4) is 0 Å². The maximum atomic E-state index is 11.2. The van der Waals surface area contributed by atoms with E-state index in [4.69, 9.17) is 4.74 Å². The maximum absolute atomic E-state index is 11.2. The zero-order valence-corrected chi connectivity index (χ0v) is 7.71. The molecule has 0 aromatic heterocycles. The van der Waals surface area contributed by atoms with Crippen LogP contribution in [0.5, 0.6) is 0 Å². The van der Waals surface area contributed by atoms with E-state index in [1.165, 1.54) is 37.7 Å². The lowest BCUT2D eigenvalue weighted by Crippen LogP contribution is -2.03. The average Bonchev–Trinajstić information content (AvgIpc) is 2.80. The van der Waals surface area contributed by atoms with Crippen molar-refractivity contribution < 1.29 is 9.53 Å². The lowest BCUT2D eigenvalue weighted by atomic mass is 9.93. The highest BCUT2D eigenvalue weighted by Gasteiger charge is 2.56. The van der Waals surface area contributed by atoms with E-state index >= 15 is 0 Å². The fourth-order valence-electron chi connectivity index (χ4n) is 2.81. The summed E-state index contributed by atoms with van der Waals surface area (Å²) < 4.78 is 4.96. The van der Waals surface area contributed by atoms with E-state index in [1.807, 2.05) is 0 Å². The number of hydrogen-bond acceptors (Lipinski definition) is 2. The Morgan fingerprint density at radius 3 is 2.54 bits per heavy atom. The van der Waals surface area contributed by atoms with Gasteiger partial charge in [-0.2, -0.15) is 0 Å². The van der Waals surface area contributed by atoms with Gasteiger partial charge in [0.05, 0.1) is 12.5 Å². The molecule has 2 atom stereocenters. The molecule has 3 rings (SSSR count). The molecule has 2 heteroatoms. The van der Waals surface area contributed by atoms with Gasteiger partial charge in [-0.05, 0) is 31.3 Å². The number of carbonyl (C=O) groups is 1. The summed E-state index contributed by atoms with van der Waals surface area (Å²) in [6.45, 7) is 0.669. The summed E-state index contributed by atoms with van der Waals surface area (Å²) in [4.78, 5) is 11.2. The largest absolute Gasteiger partial charge is 0.465 e. The monoisotopic (exact) mass is 178 g/mol. The quantitative estimate of drug-likeness (QED) is 0.419. The molecule has 13 heavy (non-hydrogen) atoms. The number of fused-ring (bicyclic) bond motifs is 1. The predicted octanol–water partition coefficient (Wildman–Crippen LogP) is 2.05. The van der Waals surface area contributed by atoms with Crippen molar-refractivity contribution in [2.24, 2.45) is 11.8 Å². The third-order valence-corrected chi connectivity index (χ3v) is 3.55. The Bertz CT molecular complexity index is 282. The van der Waals surface area contributed by atoms with Gasteiger partial charge in [-0.25, -0.2) is 0 Å². The molecule has 2 aliphatic carbocycles. The van der Waals surface area contributed by atoms with Crippen molar-refractivity contribution in [3.63, 3.8) is 0 Å². The van der Waals surface area contributed by atoms with Gasteiger partial charge in [0.15, 0.2) is 0 Å². The minimum Gasteiger partial charge on any atom is -0.465 e. The second kappa shape index (κ2) is 2.60. The van der Waals surface area contributed by atoms with E-state index in [0.29, 0.717) is 12.5 Å². The molecular weight excluding hydrogens is 164 g/mol. The van der Waals surface area contributed by atoms with Gasteiger partial charge in [0.25, 0.3) is 0 Å². The Balaban J connectivity index is 1.83. The molecule has 1 saturated heterocycles. The summed E-state index contributed by atoms with van der Waals surface area (Å²) in [7, 11) is 0. The van der Waals surface area contributed by atoms with Crippen molar-refractivity contribution in [1.29, 1.82) is 0 Å². The zero-order chi connectivity index (χ0) is 8.84. The third kappa shape index (κ3) is 1.04. The van der Waals surface area contributed by atoms with Crippen molar-refractivity contribution >= 4 is 5.97 Å². The van der Waals surface area contributed by atoms with Crippen LogP contribution < -0.4 is 0 Å². The van der Waals surface area contributed by atoms with Gasteiger partial charge in [0.2, 0.25) is 0 Å². The smallest absolute Gasteiger partial charge is 0.313 e. The van der Waals surface area contributed by atoms with Crippen LogP contribution in [0.4, 0.5) is 0 Å². The summed E-state index contributed by atoms with van der Waals surface area (Å²) in [5, 5.41) is 0. The summed E-state index contributed by atoms with van der Waals surface area (Å²) in [6, 6.07) is 0. The Morgan fingerprint density at radius 1 is 1.15 bits per heavy atom. The fraction of sp³-hybridized carbons (Fsp3) is 0.727. The number of rotatable bonds is 0. The number of ether oxygens (including phenoxy) is 1. The van der Waals surface area contributed by atoms with E-state index in [1.54, 1.807) is 5.57 Å². The molecule has 0 radical (unpaired) electrons. The molecule has 0 bridgehead atoms. The molecule has 2 saturated carbocycles. The molecule has 1 heterocycles. The van der Waals surface area contributed by atoms with Gasteiger partial charge in [0.1, 0.15) is 0 Å². The second-order valence-corrected chi connectivity index (χ2v) is 4.33. The van der Waals surface area contributed by atoms with E-state index in [-0.39, 0.29) is 11.9 Å². The van der Waals surface area contributed by atoms with E-state index in [9.17, 15) is 4.79 Å². The van der Waals surface area contributed by atoms with Crippen LogP contribution in [-0.4, -0.2) is 12.6 Å². The first kappa shape index (κ1) is 7.60. The molecule has 0 aromatic rings. The molecule has 0 N–H and O–H groups in total. The maximum Gasteiger partial charge on any atom is 0.313 e. The van der Waals surface area contributed by atoms with Crippen LogP contribution in [0.2, 0.25) is 0 Å². The van der Waals surface area contributed by atoms with Gasteiger partial charge in [0, 0.05) is 5.92 Å². The number of hydrogen-bond donors (Lipinski definition) is 0. The molecular formula is C11H14O2. The van der Waals surface area contributed by atoms with Crippen LogP contribution in [0.3, 0.4) is 0 Å². The first-order valence-electron chi connectivity index (χ1n) is 5.26. The lowest BCUT2D eigenvalue weighted by Gasteiger charge is -2.13. The number of cyclic esters (lactones) is 1. The van der Waals surface area contributed by atoms with E-state index in [0.717, 1.165) is 0 Å². The van der Waals surface area contributed by atoms with E-state index in [2.05, 4.69) is 0 Å². The molecule has 0 spiro atoms. The SMILES string of the molecule is O=C1OC[C@@H]2C(=C3CCCCC3)[C@H]12. The summed E-state index contributed by atoms with van der Waals surface area (Å²) in [6.07, 6.45) is 6.52. The molecule has 0 unspecified atom stereocenters. The third-order valence-electron chi connectivity index (χ3n) is 3.55. The van der Waals surface area contributed by atoms with Gasteiger partial charge in [-0.15, -0.1) is 0 Å². The number of esters is 1. The highest BCUT2D eigenvalue weighted by atomic mass is 16.5. The first-order chi connectivity index (χ1) is 6.38. The second-order valence-electron chi connectivity index (χ2n) is 4.33. The molecule has 0 amide bonds. The molecule has 70 valence electrons. The molecule has 0 aromatic carbocycles. The van der Waals surface area contributed by atoms with Crippen molar-refractivity contribution in [2.45, 2.75) is 32.1 Å². The number of carbonyl (C=O) groups excluding carboxylic acids is 1. The van der Waals surface area contributed by atoms with E-state index < -0.39 is 0 Å². The van der Waals surface area contributed by atoms with Crippen LogP contribution in [0.15, 0.2) is 11.1 Å². The van der Waals surface area contributed by atoms with Gasteiger partial charge < -0.3 is 4.74 Å². The van der Waals surface area contributed by atoms with Crippen molar-refractivity contribution in [1.82, 2.24) is 0 Å². The Labute approximate surface area is 78.0 Å². The van der Waals surface area contributed by atoms with Gasteiger partial charge >= 0.3 is 5.97 Å². The van der Waals surface area contributed by atoms with Crippen LogP contribution in [0.25, 0.3) is 0 Å². The average molecular weight is 178 g/mol. The zero-order valence-electron chi connectivity index (χ0n) is 7.71. The minimum atomic E-state index is 0.0399. The topological polar surface area (TPSA) is 26.3 Å². The van der Waals surface area contributed by atoms with Crippen LogP contribution >= 0.6 is 0 Å². The highest BCUT2D eigenvalue weighted by molar-refractivity contribution is 5.85. The first-order valence-corrected chi connectivity index (χ1v) is 5.26. The molecule has 2 nitrogen and oxygen atoms in total. The standard InChI is InChI=1S/C11H14O2/c12-11-10-8(6-13-11)9(10)7-4-2-1-3-5-7/h8,10H,1-6H2/t8-,10-/m1/s1. The normalized spacial score (nSPS) is 37.4. The summed E-state index contributed by atoms with van der Waals surface area (Å²) >= 11 is 0. The van der Waals surface area contributed by atoms with Gasteiger partial charge in [-0.3, -0.25) is 4.79 Å². The fourth-order valence-corrected chi connectivity index (χ4v) is 2.81. The summed E-state index contributed by atoms with van der Waals surface area (Å²) in [5.41, 5.74) is 3.06. The minimum absolute atomic E-state index is 0.0399. The Morgan fingerprint density at radius 2 is 1.92 bits per heavy atom. The van der Waals surface area contributed by atoms with Crippen LogP contribution in [-0.2, 0) is 9.53 Å². The predicted molar refractivity (Wildman–Crippen MR) is 48.1 cm³/mol. The summed E-state index contributed by atoms with van der Waals surface area (Å²) in [5.74, 6) is 0.742. The molecule has 3 aliphatic rings. The van der Waals surface area contributed by atoms with Crippen LogP contribution in [0.1, 0.15) is 32.1 Å². The Kier molecular flexibility index (Phi) is 1.52. The van der Waals surface area contributed by atoms with Crippen molar-refractivity contribution in [2.75, 3.05) is 6.61 Å². The lowest BCUT2D eigenvalue weighted by molar-refractivity contribution is -0.140.